The van der Waals surface area contributed by atoms with Gasteiger partial charge in [-0.2, -0.15) is 0 Å². The van der Waals surface area contributed by atoms with Crippen LogP contribution in [0.1, 0.15) is 19.8 Å². The number of morpholine rings is 1. The van der Waals surface area contributed by atoms with Gasteiger partial charge in [-0.3, -0.25) is 4.90 Å². The van der Waals surface area contributed by atoms with Crippen LogP contribution in [0.4, 0.5) is 0 Å². The predicted octanol–water partition coefficient (Wildman–Crippen LogP) is 1.05. The van der Waals surface area contributed by atoms with Crippen LogP contribution in [0.15, 0.2) is 0 Å². The van der Waals surface area contributed by atoms with Gasteiger partial charge in [0, 0.05) is 26.2 Å². The summed E-state index contributed by atoms with van der Waals surface area (Å²) >= 11 is 0. The minimum Gasteiger partial charge on any atom is -0.379 e. The van der Waals surface area contributed by atoms with Gasteiger partial charge < -0.3 is 9.64 Å². The molecule has 0 atom stereocenters. The van der Waals surface area contributed by atoms with E-state index < -0.39 is 0 Å². The molecule has 0 radical (unpaired) electrons. The fourth-order valence-electron chi connectivity index (χ4n) is 2.39. The number of rotatable bonds is 3. The van der Waals surface area contributed by atoms with Gasteiger partial charge in [-0.15, -0.1) is 0 Å². The van der Waals surface area contributed by atoms with Crippen molar-refractivity contribution in [2.24, 2.45) is 5.92 Å². The van der Waals surface area contributed by atoms with E-state index in [0.29, 0.717) is 0 Å². The second-order valence-corrected chi connectivity index (χ2v) is 4.98. The molecule has 0 aromatic carbocycles. The first-order valence-corrected chi connectivity index (χ1v) is 6.37. The summed E-state index contributed by atoms with van der Waals surface area (Å²) in [6.45, 7) is 11.6. The SMILES string of the molecule is CC1CCN(CCN2CCOCC2)CC1. The molecule has 0 amide bonds. The normalized spacial score (nSPS) is 27.0. The molecule has 2 rings (SSSR count). The highest BCUT2D eigenvalue weighted by Crippen LogP contribution is 2.15. The highest BCUT2D eigenvalue weighted by molar-refractivity contribution is 4.71. The van der Waals surface area contributed by atoms with Crippen LogP contribution in [-0.2, 0) is 4.74 Å². The zero-order valence-electron chi connectivity index (χ0n) is 9.95. The van der Waals surface area contributed by atoms with E-state index in [0.717, 1.165) is 32.2 Å². The highest BCUT2D eigenvalue weighted by atomic mass is 16.5. The van der Waals surface area contributed by atoms with Crippen molar-refractivity contribution in [3.05, 3.63) is 0 Å². The second-order valence-electron chi connectivity index (χ2n) is 4.98. The molecular weight excluding hydrogens is 188 g/mol. The van der Waals surface area contributed by atoms with Crippen molar-refractivity contribution in [2.75, 3.05) is 52.5 Å². The number of hydrogen-bond donors (Lipinski definition) is 0. The Morgan fingerprint density at radius 2 is 1.47 bits per heavy atom. The third-order valence-corrected chi connectivity index (χ3v) is 3.71. The van der Waals surface area contributed by atoms with E-state index in [1.54, 1.807) is 0 Å². The number of piperidine rings is 1. The lowest BCUT2D eigenvalue weighted by Gasteiger charge is -2.33. The third kappa shape index (κ3) is 3.74. The summed E-state index contributed by atoms with van der Waals surface area (Å²) in [6.07, 6.45) is 2.78. The molecule has 2 heterocycles. The molecule has 0 aromatic rings. The monoisotopic (exact) mass is 212 g/mol. The van der Waals surface area contributed by atoms with E-state index >= 15 is 0 Å². The molecule has 0 saturated carbocycles. The summed E-state index contributed by atoms with van der Waals surface area (Å²) in [6, 6.07) is 0. The molecule has 88 valence electrons. The van der Waals surface area contributed by atoms with Crippen LogP contribution in [0.2, 0.25) is 0 Å². The minimum atomic E-state index is 0.928. The van der Waals surface area contributed by atoms with E-state index in [1.165, 1.54) is 39.0 Å². The molecule has 2 aliphatic heterocycles. The van der Waals surface area contributed by atoms with Crippen LogP contribution >= 0.6 is 0 Å². The summed E-state index contributed by atoms with van der Waals surface area (Å²) in [5.74, 6) is 0.949. The van der Waals surface area contributed by atoms with Crippen LogP contribution in [-0.4, -0.2) is 62.3 Å². The molecule has 0 spiro atoms. The summed E-state index contributed by atoms with van der Waals surface area (Å²) < 4.78 is 5.35. The van der Waals surface area contributed by atoms with Crippen molar-refractivity contribution in [3.8, 4) is 0 Å². The first-order valence-electron chi connectivity index (χ1n) is 6.37. The Hall–Kier alpha value is -0.120. The standard InChI is InChI=1S/C12H24N2O/c1-12-2-4-13(5-3-12)6-7-14-8-10-15-11-9-14/h12H,2-11H2,1H3. The summed E-state index contributed by atoms with van der Waals surface area (Å²) in [4.78, 5) is 5.15. The highest BCUT2D eigenvalue weighted by Gasteiger charge is 2.17. The van der Waals surface area contributed by atoms with Crippen molar-refractivity contribution in [2.45, 2.75) is 19.8 Å². The molecule has 0 N–H and O–H groups in total. The zero-order chi connectivity index (χ0) is 10.5. The Morgan fingerprint density at radius 3 is 2.07 bits per heavy atom. The topological polar surface area (TPSA) is 15.7 Å². The van der Waals surface area contributed by atoms with Gasteiger partial charge in [0.15, 0.2) is 0 Å². The average molecular weight is 212 g/mol. The fourth-order valence-corrected chi connectivity index (χ4v) is 2.39. The Kier molecular flexibility index (Phi) is 4.42. The predicted molar refractivity (Wildman–Crippen MR) is 62.1 cm³/mol. The lowest BCUT2D eigenvalue weighted by Crippen LogP contribution is -2.43. The third-order valence-electron chi connectivity index (χ3n) is 3.71. The Labute approximate surface area is 93.4 Å². The fraction of sp³-hybridized carbons (Fsp3) is 1.00. The molecule has 0 aliphatic carbocycles. The molecule has 3 nitrogen and oxygen atoms in total. The van der Waals surface area contributed by atoms with Gasteiger partial charge in [0.05, 0.1) is 13.2 Å². The molecule has 0 unspecified atom stereocenters. The summed E-state index contributed by atoms with van der Waals surface area (Å²) in [5, 5.41) is 0. The Morgan fingerprint density at radius 1 is 0.933 bits per heavy atom. The molecule has 3 heteroatoms. The summed E-state index contributed by atoms with van der Waals surface area (Å²) in [7, 11) is 0. The van der Waals surface area contributed by atoms with Crippen molar-refractivity contribution >= 4 is 0 Å². The van der Waals surface area contributed by atoms with Crippen molar-refractivity contribution < 1.29 is 4.74 Å². The molecular formula is C12H24N2O. The molecule has 0 aromatic heterocycles. The molecule has 2 fully saturated rings. The van der Waals surface area contributed by atoms with E-state index in [9.17, 15) is 0 Å². The lowest BCUT2D eigenvalue weighted by atomic mass is 9.99. The van der Waals surface area contributed by atoms with Crippen molar-refractivity contribution in [3.63, 3.8) is 0 Å². The van der Waals surface area contributed by atoms with Crippen molar-refractivity contribution in [1.82, 2.24) is 9.80 Å². The zero-order valence-corrected chi connectivity index (χ0v) is 9.95. The quantitative estimate of drug-likeness (QED) is 0.695. The van der Waals surface area contributed by atoms with Crippen molar-refractivity contribution in [1.29, 1.82) is 0 Å². The average Bonchev–Trinajstić information content (AvgIpc) is 2.30. The van der Waals surface area contributed by atoms with Crippen LogP contribution in [0.3, 0.4) is 0 Å². The van der Waals surface area contributed by atoms with Crippen LogP contribution in [0.25, 0.3) is 0 Å². The first-order chi connectivity index (χ1) is 7.34. The number of hydrogen-bond acceptors (Lipinski definition) is 3. The number of nitrogens with zero attached hydrogens (tertiary/aromatic N) is 2. The maximum absolute atomic E-state index is 5.35. The van der Waals surface area contributed by atoms with Crippen LogP contribution in [0.5, 0.6) is 0 Å². The smallest absolute Gasteiger partial charge is 0.0594 e. The molecule has 0 bridgehead atoms. The van der Waals surface area contributed by atoms with Gasteiger partial charge in [0.2, 0.25) is 0 Å². The number of ether oxygens (including phenoxy) is 1. The van der Waals surface area contributed by atoms with Gasteiger partial charge in [-0.05, 0) is 31.8 Å². The Bertz CT molecular complexity index is 172. The van der Waals surface area contributed by atoms with E-state index in [-0.39, 0.29) is 0 Å². The van der Waals surface area contributed by atoms with Gasteiger partial charge in [0.1, 0.15) is 0 Å². The van der Waals surface area contributed by atoms with Gasteiger partial charge >= 0.3 is 0 Å². The van der Waals surface area contributed by atoms with Gasteiger partial charge in [0.25, 0.3) is 0 Å². The van der Waals surface area contributed by atoms with E-state index in [4.69, 9.17) is 4.74 Å². The molecule has 2 saturated heterocycles. The van der Waals surface area contributed by atoms with Crippen LogP contribution < -0.4 is 0 Å². The molecule has 15 heavy (non-hydrogen) atoms. The lowest BCUT2D eigenvalue weighted by molar-refractivity contribution is 0.0316. The van der Waals surface area contributed by atoms with Gasteiger partial charge in [-0.25, -0.2) is 0 Å². The van der Waals surface area contributed by atoms with E-state index in [1.807, 2.05) is 0 Å². The summed E-state index contributed by atoms with van der Waals surface area (Å²) in [5.41, 5.74) is 0. The second kappa shape index (κ2) is 5.83. The van der Waals surface area contributed by atoms with E-state index in [2.05, 4.69) is 16.7 Å². The maximum Gasteiger partial charge on any atom is 0.0594 e. The maximum atomic E-state index is 5.35. The van der Waals surface area contributed by atoms with Crippen LogP contribution in [0, 0.1) is 5.92 Å². The molecule has 2 aliphatic rings. The Balaban J connectivity index is 1.60. The first kappa shape index (κ1) is 11.4. The largest absolute Gasteiger partial charge is 0.379 e. The number of likely N-dealkylation sites (tertiary alicyclic amines) is 1. The minimum absolute atomic E-state index is 0.928. The van der Waals surface area contributed by atoms with Gasteiger partial charge in [-0.1, -0.05) is 6.92 Å².